The summed E-state index contributed by atoms with van der Waals surface area (Å²) in [5, 5.41) is 4.22. The highest BCUT2D eigenvalue weighted by Crippen LogP contribution is 2.22. The van der Waals surface area contributed by atoms with Gasteiger partial charge in [0.2, 0.25) is 5.28 Å². The summed E-state index contributed by atoms with van der Waals surface area (Å²) in [6, 6.07) is 7.93. The number of hydrogen-bond acceptors (Lipinski definition) is 4. The van der Waals surface area contributed by atoms with Crippen molar-refractivity contribution < 1.29 is 0 Å². The third-order valence-corrected chi connectivity index (χ3v) is 2.88. The van der Waals surface area contributed by atoms with Crippen LogP contribution < -0.4 is 5.73 Å². The van der Waals surface area contributed by atoms with E-state index in [4.69, 9.17) is 17.3 Å². The van der Waals surface area contributed by atoms with Crippen LogP contribution in [0.5, 0.6) is 0 Å². The molecule has 5 nitrogen and oxygen atoms in total. The van der Waals surface area contributed by atoms with Gasteiger partial charge in [-0.3, -0.25) is 0 Å². The number of nitrogens with zero attached hydrogens (tertiary/aromatic N) is 4. The lowest BCUT2D eigenvalue weighted by Crippen LogP contribution is -2.00. The van der Waals surface area contributed by atoms with E-state index < -0.39 is 0 Å². The highest BCUT2D eigenvalue weighted by molar-refractivity contribution is 6.28. The highest BCUT2D eigenvalue weighted by Gasteiger charge is 2.07. The first-order valence-electron chi connectivity index (χ1n) is 5.44. The molecule has 0 aliphatic rings. The second-order valence-electron chi connectivity index (χ2n) is 3.83. The molecular weight excluding hydrogens is 250 g/mol. The van der Waals surface area contributed by atoms with Crippen LogP contribution in [0.25, 0.3) is 16.9 Å². The van der Waals surface area contributed by atoms with Crippen LogP contribution in [0.3, 0.4) is 0 Å². The Hall–Kier alpha value is -1.98. The van der Waals surface area contributed by atoms with Gasteiger partial charge in [0.05, 0.1) is 0 Å². The van der Waals surface area contributed by atoms with Crippen LogP contribution in [0.15, 0.2) is 36.7 Å². The summed E-state index contributed by atoms with van der Waals surface area (Å²) in [5.74, 6) is 0.481. The van der Waals surface area contributed by atoms with E-state index in [9.17, 15) is 0 Å². The molecule has 0 saturated heterocycles. The maximum atomic E-state index is 5.74. The van der Waals surface area contributed by atoms with Crippen molar-refractivity contribution >= 4 is 17.4 Å². The predicted molar refractivity (Wildman–Crippen MR) is 69.1 cm³/mol. The van der Waals surface area contributed by atoms with Gasteiger partial charge in [-0.2, -0.15) is 4.98 Å². The maximum absolute atomic E-state index is 5.74. The molecule has 3 aromatic rings. The highest BCUT2D eigenvalue weighted by atomic mass is 35.5. The zero-order chi connectivity index (χ0) is 12.5. The molecule has 90 valence electrons. The number of hydrogen-bond donors (Lipinski definition) is 1. The van der Waals surface area contributed by atoms with E-state index in [1.165, 1.54) is 0 Å². The Kier molecular flexibility index (Phi) is 2.70. The van der Waals surface area contributed by atoms with Gasteiger partial charge in [0.25, 0.3) is 5.78 Å². The number of rotatable bonds is 2. The third-order valence-electron chi connectivity index (χ3n) is 2.72. The van der Waals surface area contributed by atoms with E-state index in [2.05, 4.69) is 15.1 Å². The molecule has 0 aliphatic carbocycles. The lowest BCUT2D eigenvalue weighted by atomic mass is 10.0. The van der Waals surface area contributed by atoms with Gasteiger partial charge in [0.1, 0.15) is 0 Å². The Bertz CT molecular complexity index is 707. The minimum atomic E-state index is 0.187. The Morgan fingerprint density at radius 2 is 2.11 bits per heavy atom. The molecule has 2 aromatic heterocycles. The summed E-state index contributed by atoms with van der Waals surface area (Å²) in [4.78, 5) is 8.19. The van der Waals surface area contributed by atoms with Crippen LogP contribution in [0, 0.1) is 0 Å². The maximum Gasteiger partial charge on any atom is 0.253 e. The first kappa shape index (κ1) is 11.1. The van der Waals surface area contributed by atoms with Gasteiger partial charge in [0.15, 0.2) is 0 Å². The van der Waals surface area contributed by atoms with E-state index in [-0.39, 0.29) is 5.28 Å². The van der Waals surface area contributed by atoms with Crippen molar-refractivity contribution in [3.63, 3.8) is 0 Å². The third kappa shape index (κ3) is 1.83. The quantitative estimate of drug-likeness (QED) is 0.763. The van der Waals surface area contributed by atoms with Crippen LogP contribution in [-0.4, -0.2) is 19.6 Å². The topological polar surface area (TPSA) is 69.1 Å². The van der Waals surface area contributed by atoms with E-state index in [0.717, 1.165) is 16.7 Å². The lowest BCUT2D eigenvalue weighted by Gasteiger charge is -2.06. The Balaban J connectivity index is 2.18. The molecule has 1 aromatic carbocycles. The van der Waals surface area contributed by atoms with Gasteiger partial charge in [-0.1, -0.05) is 24.3 Å². The number of aromatic nitrogens is 4. The van der Waals surface area contributed by atoms with Crippen LogP contribution in [0.2, 0.25) is 5.28 Å². The SMILES string of the molecule is NCc1ccccc1-c1cnc2nc(Cl)nn2c1. The van der Waals surface area contributed by atoms with E-state index >= 15 is 0 Å². The summed E-state index contributed by atoms with van der Waals surface area (Å²) < 4.78 is 1.56. The van der Waals surface area contributed by atoms with Crippen molar-refractivity contribution in [2.45, 2.75) is 6.54 Å². The fraction of sp³-hybridized carbons (Fsp3) is 0.0833. The summed E-state index contributed by atoms with van der Waals surface area (Å²) >= 11 is 5.74. The molecule has 0 unspecified atom stereocenters. The average molecular weight is 260 g/mol. The van der Waals surface area contributed by atoms with E-state index in [0.29, 0.717) is 12.3 Å². The second kappa shape index (κ2) is 4.36. The lowest BCUT2D eigenvalue weighted by molar-refractivity contribution is 0.940. The van der Waals surface area contributed by atoms with Crippen molar-refractivity contribution in [2.75, 3.05) is 0 Å². The minimum absolute atomic E-state index is 0.187. The van der Waals surface area contributed by atoms with Crippen LogP contribution in [0.1, 0.15) is 5.56 Å². The van der Waals surface area contributed by atoms with Crippen molar-refractivity contribution in [3.8, 4) is 11.1 Å². The molecule has 3 rings (SSSR count). The van der Waals surface area contributed by atoms with Gasteiger partial charge in [-0.25, -0.2) is 9.50 Å². The minimum Gasteiger partial charge on any atom is -0.326 e. The zero-order valence-electron chi connectivity index (χ0n) is 9.42. The summed E-state index contributed by atoms with van der Waals surface area (Å²) in [5.41, 5.74) is 8.77. The van der Waals surface area contributed by atoms with Gasteiger partial charge >= 0.3 is 0 Å². The Morgan fingerprint density at radius 3 is 2.94 bits per heavy atom. The second-order valence-corrected chi connectivity index (χ2v) is 4.17. The molecule has 0 bridgehead atoms. The molecule has 18 heavy (non-hydrogen) atoms. The largest absolute Gasteiger partial charge is 0.326 e. The fourth-order valence-corrected chi connectivity index (χ4v) is 2.03. The molecule has 0 fully saturated rings. The zero-order valence-corrected chi connectivity index (χ0v) is 10.2. The molecule has 0 aliphatic heterocycles. The van der Waals surface area contributed by atoms with Gasteiger partial charge in [-0.05, 0) is 22.7 Å². The van der Waals surface area contributed by atoms with E-state index in [1.807, 2.05) is 30.5 Å². The van der Waals surface area contributed by atoms with Gasteiger partial charge in [-0.15, -0.1) is 5.10 Å². The molecule has 6 heteroatoms. The summed E-state index contributed by atoms with van der Waals surface area (Å²) in [6.07, 6.45) is 3.59. The Morgan fingerprint density at radius 1 is 1.28 bits per heavy atom. The van der Waals surface area contributed by atoms with Crippen LogP contribution in [-0.2, 0) is 6.54 Å². The molecule has 2 N–H and O–H groups in total. The van der Waals surface area contributed by atoms with Crippen molar-refractivity contribution in [1.29, 1.82) is 0 Å². The van der Waals surface area contributed by atoms with Crippen molar-refractivity contribution in [1.82, 2.24) is 19.6 Å². The molecule has 0 amide bonds. The molecule has 0 atom stereocenters. The molecule has 0 radical (unpaired) electrons. The standard InChI is InChI=1S/C12H10ClN5/c13-11-16-12-15-6-9(7-18(12)17-11)10-4-2-1-3-8(10)5-14/h1-4,6-7H,5,14H2. The average Bonchev–Trinajstić information content (AvgIpc) is 2.77. The van der Waals surface area contributed by atoms with Crippen molar-refractivity contribution in [2.24, 2.45) is 5.73 Å². The van der Waals surface area contributed by atoms with Crippen LogP contribution >= 0.6 is 11.6 Å². The predicted octanol–water partition coefficient (Wildman–Crippen LogP) is 1.90. The van der Waals surface area contributed by atoms with Gasteiger partial charge in [0, 0.05) is 24.5 Å². The summed E-state index contributed by atoms with van der Waals surface area (Å²) in [6.45, 7) is 0.478. The van der Waals surface area contributed by atoms with E-state index in [1.54, 1.807) is 10.7 Å². The van der Waals surface area contributed by atoms with Crippen LogP contribution in [0.4, 0.5) is 0 Å². The monoisotopic (exact) mass is 259 g/mol. The smallest absolute Gasteiger partial charge is 0.253 e. The Labute approximate surface area is 108 Å². The molecule has 0 saturated carbocycles. The number of benzene rings is 1. The molecule has 0 spiro atoms. The van der Waals surface area contributed by atoms with Gasteiger partial charge < -0.3 is 5.73 Å². The number of halogens is 1. The first-order chi connectivity index (χ1) is 8.78. The summed E-state index contributed by atoms with van der Waals surface area (Å²) in [7, 11) is 0. The molecular formula is C12H10ClN5. The molecule has 2 heterocycles. The number of nitrogens with two attached hydrogens (primary N) is 1. The number of fused-ring (bicyclic) bond motifs is 1. The first-order valence-corrected chi connectivity index (χ1v) is 5.82. The fourth-order valence-electron chi connectivity index (χ4n) is 1.88. The van der Waals surface area contributed by atoms with Crippen molar-refractivity contribution in [3.05, 3.63) is 47.5 Å². The normalized spacial score (nSPS) is 11.0.